The van der Waals surface area contributed by atoms with Crippen molar-refractivity contribution in [1.29, 1.82) is 0 Å². The lowest BCUT2D eigenvalue weighted by atomic mass is 10.0. The molecule has 0 aliphatic rings. The van der Waals surface area contributed by atoms with E-state index in [1.807, 2.05) is 39.1 Å². The highest BCUT2D eigenvalue weighted by Crippen LogP contribution is 2.09. The molecule has 0 saturated carbocycles. The molecule has 0 saturated heterocycles. The summed E-state index contributed by atoms with van der Waals surface area (Å²) in [4.78, 5) is 14.1. The van der Waals surface area contributed by atoms with Crippen LogP contribution >= 0.6 is 0 Å². The number of hydrogen-bond acceptors (Lipinski definition) is 4. The Morgan fingerprint density at radius 3 is 2.55 bits per heavy atom. The second-order valence-corrected chi connectivity index (χ2v) is 5.28. The minimum absolute atomic E-state index is 0.200. The minimum Gasteiger partial charge on any atom is -0.465 e. The molecule has 4 heteroatoms. The van der Waals surface area contributed by atoms with Crippen molar-refractivity contribution in [3.05, 3.63) is 35.9 Å². The third-order valence-electron chi connectivity index (χ3n) is 3.49. The van der Waals surface area contributed by atoms with Crippen LogP contribution in [0.2, 0.25) is 0 Å². The predicted octanol–water partition coefficient (Wildman–Crippen LogP) is 1.70. The molecular formula is C16H26N2O2. The van der Waals surface area contributed by atoms with Crippen LogP contribution in [0.3, 0.4) is 0 Å². The number of esters is 1. The molecule has 1 atom stereocenters. The molecule has 20 heavy (non-hydrogen) atoms. The van der Waals surface area contributed by atoms with Crippen molar-refractivity contribution in [1.82, 2.24) is 10.2 Å². The Kier molecular flexibility index (Phi) is 6.68. The van der Waals surface area contributed by atoms with Crippen molar-refractivity contribution in [3.63, 3.8) is 0 Å². The summed E-state index contributed by atoms with van der Waals surface area (Å²) in [5.74, 6) is -0.200. The van der Waals surface area contributed by atoms with E-state index in [2.05, 4.69) is 22.3 Å². The smallest absolute Gasteiger partial charge is 0.327 e. The highest BCUT2D eigenvalue weighted by atomic mass is 16.5. The van der Waals surface area contributed by atoms with Gasteiger partial charge >= 0.3 is 5.97 Å². The molecule has 0 spiro atoms. The third kappa shape index (κ3) is 4.94. The molecule has 0 aromatic heterocycles. The molecule has 0 aliphatic heterocycles. The Morgan fingerprint density at radius 1 is 1.35 bits per heavy atom. The molecule has 4 nitrogen and oxygen atoms in total. The fourth-order valence-electron chi connectivity index (χ4n) is 2.12. The lowest BCUT2D eigenvalue weighted by Crippen LogP contribution is -2.55. The molecule has 0 heterocycles. The highest BCUT2D eigenvalue weighted by Gasteiger charge is 2.34. The number of likely N-dealkylation sites (N-methyl/N-ethyl adjacent to an activating group) is 2. The van der Waals surface area contributed by atoms with Gasteiger partial charge in [-0.1, -0.05) is 30.3 Å². The minimum atomic E-state index is -0.665. The molecule has 0 amide bonds. The summed E-state index contributed by atoms with van der Waals surface area (Å²) >= 11 is 0. The fraction of sp³-hybridized carbons (Fsp3) is 0.562. The second kappa shape index (κ2) is 8.02. The first-order valence-electron chi connectivity index (χ1n) is 7.10. The molecule has 1 N–H and O–H groups in total. The van der Waals surface area contributed by atoms with Gasteiger partial charge in [-0.3, -0.25) is 4.79 Å². The van der Waals surface area contributed by atoms with Gasteiger partial charge in [0, 0.05) is 13.1 Å². The number of nitrogens with zero attached hydrogens (tertiary/aromatic N) is 1. The SMILES string of the molecule is CCOC(=O)C(C)(CN(C)CCc1ccccc1)NC. The number of rotatable bonds is 8. The predicted molar refractivity (Wildman–Crippen MR) is 81.7 cm³/mol. The second-order valence-electron chi connectivity index (χ2n) is 5.28. The zero-order valence-corrected chi connectivity index (χ0v) is 13.0. The van der Waals surface area contributed by atoms with Gasteiger partial charge in [0.15, 0.2) is 0 Å². The first kappa shape index (κ1) is 16.7. The fourth-order valence-corrected chi connectivity index (χ4v) is 2.12. The van der Waals surface area contributed by atoms with Crippen LogP contribution < -0.4 is 5.32 Å². The Balaban J connectivity index is 2.50. The van der Waals surface area contributed by atoms with Gasteiger partial charge < -0.3 is 15.0 Å². The molecule has 1 aromatic carbocycles. The molecular weight excluding hydrogens is 252 g/mol. The van der Waals surface area contributed by atoms with Gasteiger partial charge in [-0.2, -0.15) is 0 Å². The maximum Gasteiger partial charge on any atom is 0.327 e. The van der Waals surface area contributed by atoms with Crippen LogP contribution in [0, 0.1) is 0 Å². The zero-order valence-electron chi connectivity index (χ0n) is 13.0. The van der Waals surface area contributed by atoms with Gasteiger partial charge in [-0.05, 0) is 39.9 Å². The van der Waals surface area contributed by atoms with E-state index >= 15 is 0 Å². The van der Waals surface area contributed by atoms with E-state index in [1.165, 1.54) is 5.56 Å². The number of hydrogen-bond donors (Lipinski definition) is 1. The Bertz CT molecular complexity index is 408. The molecule has 0 aliphatic carbocycles. The van der Waals surface area contributed by atoms with Crippen LogP contribution in [0.1, 0.15) is 19.4 Å². The Hall–Kier alpha value is -1.39. The normalized spacial score (nSPS) is 14.1. The zero-order chi connectivity index (χ0) is 15.0. The average molecular weight is 278 g/mol. The van der Waals surface area contributed by atoms with Crippen LogP contribution in [0.4, 0.5) is 0 Å². The van der Waals surface area contributed by atoms with Crippen molar-refractivity contribution >= 4 is 5.97 Å². The highest BCUT2D eigenvalue weighted by molar-refractivity contribution is 5.80. The number of carbonyl (C=O) groups is 1. The molecule has 0 fully saturated rings. The van der Waals surface area contributed by atoms with Crippen LogP contribution in [0.15, 0.2) is 30.3 Å². The lowest BCUT2D eigenvalue weighted by Gasteiger charge is -2.31. The molecule has 1 rings (SSSR count). The van der Waals surface area contributed by atoms with Crippen molar-refractivity contribution in [3.8, 4) is 0 Å². The number of benzene rings is 1. The van der Waals surface area contributed by atoms with Gasteiger partial charge in [0.1, 0.15) is 5.54 Å². The van der Waals surface area contributed by atoms with Crippen LogP contribution in [0.5, 0.6) is 0 Å². The summed E-state index contributed by atoms with van der Waals surface area (Å²) < 4.78 is 5.13. The van der Waals surface area contributed by atoms with E-state index in [0.29, 0.717) is 13.2 Å². The largest absolute Gasteiger partial charge is 0.465 e. The maximum atomic E-state index is 12.0. The third-order valence-corrected chi connectivity index (χ3v) is 3.49. The maximum absolute atomic E-state index is 12.0. The summed E-state index contributed by atoms with van der Waals surface area (Å²) in [5, 5.41) is 3.08. The van der Waals surface area contributed by atoms with Crippen LogP contribution in [-0.2, 0) is 16.0 Å². The topological polar surface area (TPSA) is 41.6 Å². The van der Waals surface area contributed by atoms with Gasteiger partial charge in [0.2, 0.25) is 0 Å². The van der Waals surface area contributed by atoms with Gasteiger partial charge in [0.05, 0.1) is 6.61 Å². The summed E-state index contributed by atoms with van der Waals surface area (Å²) in [6, 6.07) is 10.4. The van der Waals surface area contributed by atoms with Gasteiger partial charge in [-0.25, -0.2) is 0 Å². The van der Waals surface area contributed by atoms with Crippen molar-refractivity contribution in [2.75, 3.05) is 33.8 Å². The quantitative estimate of drug-likeness (QED) is 0.735. The first-order valence-corrected chi connectivity index (χ1v) is 7.10. The molecule has 1 unspecified atom stereocenters. The molecule has 0 radical (unpaired) electrons. The van der Waals surface area contributed by atoms with E-state index in [4.69, 9.17) is 4.74 Å². The molecule has 112 valence electrons. The standard InChI is InChI=1S/C16H26N2O2/c1-5-20-15(19)16(2,17-3)13-18(4)12-11-14-9-7-6-8-10-14/h6-10,17H,5,11-13H2,1-4H3. The number of carbonyl (C=O) groups excluding carboxylic acids is 1. The van der Waals surface area contributed by atoms with E-state index < -0.39 is 5.54 Å². The van der Waals surface area contributed by atoms with Crippen LogP contribution in [0.25, 0.3) is 0 Å². The Morgan fingerprint density at radius 2 is 2.00 bits per heavy atom. The van der Waals surface area contributed by atoms with Crippen molar-refractivity contribution < 1.29 is 9.53 Å². The van der Waals surface area contributed by atoms with E-state index in [0.717, 1.165) is 13.0 Å². The van der Waals surface area contributed by atoms with E-state index in [9.17, 15) is 4.79 Å². The van der Waals surface area contributed by atoms with Crippen molar-refractivity contribution in [2.24, 2.45) is 0 Å². The lowest BCUT2D eigenvalue weighted by molar-refractivity contribution is -0.151. The molecule has 0 bridgehead atoms. The number of ether oxygens (including phenoxy) is 1. The summed E-state index contributed by atoms with van der Waals surface area (Å²) in [5.41, 5.74) is 0.642. The Labute approximate surface area is 122 Å². The molecule has 1 aromatic rings. The summed E-state index contributed by atoms with van der Waals surface area (Å²) in [6.45, 7) is 5.64. The van der Waals surface area contributed by atoms with Crippen molar-refractivity contribution in [2.45, 2.75) is 25.8 Å². The number of nitrogens with one attached hydrogen (secondary N) is 1. The average Bonchev–Trinajstić information content (AvgIpc) is 2.46. The first-order chi connectivity index (χ1) is 9.51. The van der Waals surface area contributed by atoms with E-state index in [-0.39, 0.29) is 5.97 Å². The monoisotopic (exact) mass is 278 g/mol. The van der Waals surface area contributed by atoms with Gasteiger partial charge in [0.25, 0.3) is 0 Å². The summed E-state index contributed by atoms with van der Waals surface area (Å²) in [6.07, 6.45) is 0.972. The van der Waals surface area contributed by atoms with E-state index in [1.54, 1.807) is 7.05 Å². The summed E-state index contributed by atoms with van der Waals surface area (Å²) in [7, 11) is 3.82. The van der Waals surface area contributed by atoms with Crippen LogP contribution in [-0.4, -0.2) is 50.2 Å². The van der Waals surface area contributed by atoms with Gasteiger partial charge in [-0.15, -0.1) is 0 Å².